The minimum Gasteiger partial charge on any atom is -0.486 e. The van der Waals surface area contributed by atoms with Crippen molar-refractivity contribution in [3.05, 3.63) is 16.6 Å². The molecule has 0 atom stereocenters. The lowest BCUT2D eigenvalue weighted by molar-refractivity contribution is -0.116. The van der Waals surface area contributed by atoms with Crippen LogP contribution in [0, 0.1) is 5.92 Å². The van der Waals surface area contributed by atoms with Crippen LogP contribution in [-0.4, -0.2) is 19.1 Å². The molecule has 1 amide bonds. The Morgan fingerprint density at radius 2 is 1.82 bits per heavy atom. The van der Waals surface area contributed by atoms with E-state index in [1.165, 1.54) is 32.1 Å². The molecule has 22 heavy (non-hydrogen) atoms. The van der Waals surface area contributed by atoms with E-state index in [1.54, 1.807) is 0 Å². The number of halogens is 1. The summed E-state index contributed by atoms with van der Waals surface area (Å²) in [5.41, 5.74) is 0.748. The monoisotopic (exact) mass is 367 g/mol. The SMILES string of the molecule is O=C(CCC1CCCCC1)Nc1cc2c(cc1Br)OCCO2. The Balaban J connectivity index is 1.56. The molecule has 1 fully saturated rings. The quantitative estimate of drug-likeness (QED) is 0.850. The van der Waals surface area contributed by atoms with Crippen LogP contribution in [0.25, 0.3) is 0 Å². The normalized spacial score (nSPS) is 18.0. The summed E-state index contributed by atoms with van der Waals surface area (Å²) >= 11 is 3.48. The van der Waals surface area contributed by atoms with Crippen LogP contribution in [0.15, 0.2) is 16.6 Å². The summed E-state index contributed by atoms with van der Waals surface area (Å²) in [6.45, 7) is 1.11. The summed E-state index contributed by atoms with van der Waals surface area (Å²) in [6.07, 6.45) is 8.13. The zero-order chi connectivity index (χ0) is 15.4. The van der Waals surface area contributed by atoms with E-state index in [0.29, 0.717) is 25.4 Å². The highest BCUT2D eigenvalue weighted by Gasteiger charge is 2.18. The molecule has 2 aliphatic rings. The predicted molar refractivity (Wildman–Crippen MR) is 89.6 cm³/mol. The summed E-state index contributed by atoms with van der Waals surface area (Å²) in [5, 5.41) is 2.98. The standard InChI is InChI=1S/C17H22BrNO3/c18-13-10-15-16(22-9-8-21-15)11-14(13)19-17(20)7-6-12-4-2-1-3-5-12/h10-12H,1-9H2,(H,19,20). The van der Waals surface area contributed by atoms with Crippen LogP contribution < -0.4 is 14.8 Å². The summed E-state index contributed by atoms with van der Waals surface area (Å²) in [4.78, 5) is 12.2. The third-order valence-corrected chi connectivity index (χ3v) is 5.07. The maximum atomic E-state index is 12.2. The molecule has 0 unspecified atom stereocenters. The van der Waals surface area contributed by atoms with Crippen molar-refractivity contribution in [2.75, 3.05) is 18.5 Å². The lowest BCUT2D eigenvalue weighted by Gasteiger charge is -2.21. The minimum atomic E-state index is 0.0722. The van der Waals surface area contributed by atoms with Crippen LogP contribution in [0.5, 0.6) is 11.5 Å². The maximum Gasteiger partial charge on any atom is 0.224 e. The molecule has 0 radical (unpaired) electrons. The van der Waals surface area contributed by atoms with Crippen LogP contribution in [0.3, 0.4) is 0 Å². The third kappa shape index (κ3) is 3.94. The second-order valence-corrected chi connectivity index (χ2v) is 6.92. The van der Waals surface area contributed by atoms with Crippen molar-refractivity contribution in [2.24, 2.45) is 5.92 Å². The van der Waals surface area contributed by atoms with Gasteiger partial charge in [-0.2, -0.15) is 0 Å². The average Bonchev–Trinajstić information content (AvgIpc) is 2.55. The van der Waals surface area contributed by atoms with Crippen molar-refractivity contribution in [2.45, 2.75) is 44.9 Å². The molecular weight excluding hydrogens is 346 g/mol. The second-order valence-electron chi connectivity index (χ2n) is 6.07. The Labute approximate surface area is 139 Å². The van der Waals surface area contributed by atoms with Gasteiger partial charge in [-0.05, 0) is 28.3 Å². The summed E-state index contributed by atoms with van der Waals surface area (Å²) < 4.78 is 11.9. The number of carbonyl (C=O) groups is 1. The zero-order valence-corrected chi connectivity index (χ0v) is 14.3. The highest BCUT2D eigenvalue weighted by molar-refractivity contribution is 9.10. The Morgan fingerprint density at radius 3 is 2.55 bits per heavy atom. The van der Waals surface area contributed by atoms with Gasteiger partial charge in [0.05, 0.1) is 5.69 Å². The molecule has 3 rings (SSSR count). The molecule has 4 nitrogen and oxygen atoms in total. The highest BCUT2D eigenvalue weighted by atomic mass is 79.9. The van der Waals surface area contributed by atoms with E-state index < -0.39 is 0 Å². The fourth-order valence-corrected chi connectivity index (χ4v) is 3.61. The number of amides is 1. The molecule has 1 aromatic rings. The van der Waals surface area contributed by atoms with Crippen molar-refractivity contribution >= 4 is 27.5 Å². The number of anilines is 1. The summed E-state index contributed by atoms with van der Waals surface area (Å²) in [7, 11) is 0. The molecule has 1 aromatic carbocycles. The smallest absolute Gasteiger partial charge is 0.224 e. The molecule has 1 saturated carbocycles. The molecule has 0 bridgehead atoms. The molecule has 0 aromatic heterocycles. The minimum absolute atomic E-state index is 0.0722. The Bertz CT molecular complexity index is 541. The first-order valence-electron chi connectivity index (χ1n) is 8.11. The van der Waals surface area contributed by atoms with Gasteiger partial charge in [0, 0.05) is 23.0 Å². The number of rotatable bonds is 4. The van der Waals surface area contributed by atoms with Crippen LogP contribution >= 0.6 is 15.9 Å². The molecule has 0 spiro atoms. The van der Waals surface area contributed by atoms with Gasteiger partial charge in [0.1, 0.15) is 13.2 Å². The van der Waals surface area contributed by atoms with Gasteiger partial charge in [-0.3, -0.25) is 4.79 Å². The van der Waals surface area contributed by atoms with Crippen molar-refractivity contribution in [1.29, 1.82) is 0 Å². The maximum absolute atomic E-state index is 12.2. The fourth-order valence-electron chi connectivity index (χ4n) is 3.18. The first kappa shape index (κ1) is 15.7. The van der Waals surface area contributed by atoms with E-state index in [2.05, 4.69) is 21.2 Å². The Morgan fingerprint density at radius 1 is 1.14 bits per heavy atom. The Hall–Kier alpha value is -1.23. The number of nitrogens with one attached hydrogen (secondary N) is 1. The molecule has 5 heteroatoms. The van der Waals surface area contributed by atoms with E-state index >= 15 is 0 Å². The second kappa shape index (κ2) is 7.36. The lowest BCUT2D eigenvalue weighted by Crippen LogP contribution is -2.17. The first-order valence-corrected chi connectivity index (χ1v) is 8.90. The fraction of sp³-hybridized carbons (Fsp3) is 0.588. The molecule has 1 aliphatic carbocycles. The van der Waals surface area contributed by atoms with Gasteiger partial charge in [0.25, 0.3) is 0 Å². The lowest BCUT2D eigenvalue weighted by atomic mass is 9.86. The van der Waals surface area contributed by atoms with Gasteiger partial charge in [-0.15, -0.1) is 0 Å². The largest absolute Gasteiger partial charge is 0.486 e. The van der Waals surface area contributed by atoms with Gasteiger partial charge in [-0.1, -0.05) is 32.1 Å². The zero-order valence-electron chi connectivity index (χ0n) is 12.7. The van der Waals surface area contributed by atoms with Gasteiger partial charge in [-0.25, -0.2) is 0 Å². The highest BCUT2D eigenvalue weighted by Crippen LogP contribution is 2.38. The predicted octanol–water partition coefficient (Wildman–Crippen LogP) is 4.52. The number of fused-ring (bicyclic) bond motifs is 1. The summed E-state index contributed by atoms with van der Waals surface area (Å²) in [6, 6.07) is 3.68. The molecule has 1 heterocycles. The van der Waals surface area contributed by atoms with Crippen LogP contribution in [0.4, 0.5) is 5.69 Å². The third-order valence-electron chi connectivity index (χ3n) is 4.41. The van der Waals surface area contributed by atoms with Crippen molar-refractivity contribution in [3.8, 4) is 11.5 Å². The molecule has 0 saturated heterocycles. The number of hydrogen-bond donors (Lipinski definition) is 1. The van der Waals surface area contributed by atoms with Gasteiger partial charge in [0.15, 0.2) is 11.5 Å². The average molecular weight is 368 g/mol. The van der Waals surface area contributed by atoms with Crippen LogP contribution in [0.2, 0.25) is 0 Å². The van der Waals surface area contributed by atoms with Crippen molar-refractivity contribution < 1.29 is 14.3 Å². The van der Waals surface area contributed by atoms with Gasteiger partial charge < -0.3 is 14.8 Å². The first-order chi connectivity index (χ1) is 10.7. The molecular formula is C17H22BrNO3. The number of ether oxygens (including phenoxy) is 2. The van der Waals surface area contributed by atoms with E-state index in [1.807, 2.05) is 12.1 Å². The van der Waals surface area contributed by atoms with E-state index in [4.69, 9.17) is 9.47 Å². The van der Waals surface area contributed by atoms with E-state index in [9.17, 15) is 4.79 Å². The number of carbonyl (C=O) groups excluding carboxylic acids is 1. The topological polar surface area (TPSA) is 47.6 Å². The van der Waals surface area contributed by atoms with Crippen molar-refractivity contribution in [1.82, 2.24) is 0 Å². The van der Waals surface area contributed by atoms with Gasteiger partial charge >= 0.3 is 0 Å². The van der Waals surface area contributed by atoms with E-state index in [-0.39, 0.29) is 5.91 Å². The van der Waals surface area contributed by atoms with E-state index in [0.717, 1.165) is 28.2 Å². The molecule has 1 aliphatic heterocycles. The van der Waals surface area contributed by atoms with Gasteiger partial charge in [0.2, 0.25) is 5.91 Å². The molecule has 120 valence electrons. The molecule has 1 N–H and O–H groups in total. The summed E-state index contributed by atoms with van der Waals surface area (Å²) in [5.74, 6) is 2.21. The number of benzene rings is 1. The van der Waals surface area contributed by atoms with Crippen LogP contribution in [-0.2, 0) is 4.79 Å². The van der Waals surface area contributed by atoms with Crippen LogP contribution in [0.1, 0.15) is 44.9 Å². The Kier molecular flexibility index (Phi) is 5.24. The van der Waals surface area contributed by atoms with Crippen molar-refractivity contribution in [3.63, 3.8) is 0 Å². The number of hydrogen-bond acceptors (Lipinski definition) is 3.